The van der Waals surface area contributed by atoms with E-state index in [0.29, 0.717) is 42.2 Å². The number of amides is 1. The van der Waals surface area contributed by atoms with Gasteiger partial charge in [0.15, 0.2) is 0 Å². The lowest BCUT2D eigenvalue weighted by molar-refractivity contribution is -0.134. The zero-order valence-corrected chi connectivity index (χ0v) is 14.1. The first-order valence-electron chi connectivity index (χ1n) is 8.25. The molecule has 1 aliphatic heterocycles. The van der Waals surface area contributed by atoms with Crippen molar-refractivity contribution < 1.29 is 13.9 Å². The van der Waals surface area contributed by atoms with Gasteiger partial charge in [-0.3, -0.25) is 9.69 Å². The zero-order valence-electron chi connectivity index (χ0n) is 14.1. The van der Waals surface area contributed by atoms with Crippen LogP contribution in [0.3, 0.4) is 0 Å². The molecule has 0 aromatic heterocycles. The van der Waals surface area contributed by atoms with E-state index >= 15 is 0 Å². The van der Waals surface area contributed by atoms with Crippen molar-refractivity contribution in [3.63, 3.8) is 0 Å². The highest BCUT2D eigenvalue weighted by molar-refractivity contribution is 5.77. The molecule has 2 fully saturated rings. The second-order valence-corrected chi connectivity index (χ2v) is 6.96. The highest BCUT2D eigenvalue weighted by Crippen LogP contribution is 2.40. The number of fused-ring (bicyclic) bond motifs is 1. The monoisotopic (exact) mass is 320 g/mol. The van der Waals surface area contributed by atoms with E-state index in [1.165, 1.54) is 6.07 Å². The van der Waals surface area contributed by atoms with Gasteiger partial charge >= 0.3 is 0 Å². The van der Waals surface area contributed by atoms with Crippen molar-refractivity contribution in [3.8, 4) is 5.75 Å². The van der Waals surface area contributed by atoms with Crippen LogP contribution in [0.2, 0.25) is 0 Å². The molecule has 0 bridgehead atoms. The standard InChI is InChI=1S/C18H25FN2O2/c1-20(11-15-16(19)5-4-6-17(15)23-3)14-7-12-9-18(22)21(2)10-13(12)8-14/h4-6,12-14H,7-11H2,1-3H3/t12-,13+,14-/m1/s1. The van der Waals surface area contributed by atoms with Crippen molar-refractivity contribution in [2.45, 2.75) is 31.8 Å². The molecule has 0 unspecified atom stereocenters. The van der Waals surface area contributed by atoms with Crippen LogP contribution in [0.15, 0.2) is 18.2 Å². The van der Waals surface area contributed by atoms with Gasteiger partial charge in [0, 0.05) is 38.2 Å². The van der Waals surface area contributed by atoms with E-state index in [-0.39, 0.29) is 11.7 Å². The van der Waals surface area contributed by atoms with Crippen LogP contribution < -0.4 is 4.74 Å². The van der Waals surface area contributed by atoms with Crippen LogP contribution in [0.25, 0.3) is 0 Å². The number of likely N-dealkylation sites (tertiary alicyclic amines) is 1. The van der Waals surface area contributed by atoms with E-state index in [4.69, 9.17) is 4.74 Å². The Morgan fingerprint density at radius 2 is 2.09 bits per heavy atom. The number of methoxy groups -OCH3 is 1. The van der Waals surface area contributed by atoms with Crippen LogP contribution in [0, 0.1) is 17.7 Å². The third kappa shape index (κ3) is 3.20. The maximum absolute atomic E-state index is 14.1. The second-order valence-electron chi connectivity index (χ2n) is 6.96. The first-order chi connectivity index (χ1) is 11.0. The van der Waals surface area contributed by atoms with E-state index in [1.54, 1.807) is 19.2 Å². The fourth-order valence-corrected chi connectivity index (χ4v) is 4.11. The van der Waals surface area contributed by atoms with Crippen molar-refractivity contribution in [1.82, 2.24) is 9.80 Å². The van der Waals surface area contributed by atoms with Crippen molar-refractivity contribution in [3.05, 3.63) is 29.6 Å². The van der Waals surface area contributed by atoms with Gasteiger partial charge in [-0.15, -0.1) is 0 Å². The summed E-state index contributed by atoms with van der Waals surface area (Å²) in [6, 6.07) is 5.35. The molecular weight excluding hydrogens is 295 g/mol. The molecule has 2 aliphatic rings. The van der Waals surface area contributed by atoms with Crippen LogP contribution in [-0.4, -0.2) is 49.5 Å². The zero-order chi connectivity index (χ0) is 16.6. The first-order valence-corrected chi connectivity index (χ1v) is 8.25. The number of benzene rings is 1. The summed E-state index contributed by atoms with van der Waals surface area (Å²) < 4.78 is 19.4. The maximum Gasteiger partial charge on any atom is 0.222 e. The van der Waals surface area contributed by atoms with Crippen LogP contribution >= 0.6 is 0 Å². The summed E-state index contributed by atoms with van der Waals surface area (Å²) in [6.45, 7) is 1.39. The Morgan fingerprint density at radius 3 is 2.83 bits per heavy atom. The summed E-state index contributed by atoms with van der Waals surface area (Å²) in [5.74, 6) is 1.69. The van der Waals surface area contributed by atoms with Crippen LogP contribution in [0.1, 0.15) is 24.8 Å². The molecule has 1 saturated carbocycles. The number of carbonyl (C=O) groups is 1. The molecule has 1 aromatic rings. The molecule has 1 aliphatic carbocycles. The van der Waals surface area contributed by atoms with Crippen molar-refractivity contribution in [2.75, 3.05) is 27.7 Å². The Labute approximate surface area is 137 Å². The summed E-state index contributed by atoms with van der Waals surface area (Å²) in [7, 11) is 5.50. The molecule has 4 nitrogen and oxygen atoms in total. The number of nitrogens with zero attached hydrogens (tertiary/aromatic N) is 2. The normalized spacial score (nSPS) is 27.4. The lowest BCUT2D eigenvalue weighted by atomic mass is 9.88. The Morgan fingerprint density at radius 1 is 1.35 bits per heavy atom. The molecule has 1 saturated heterocycles. The molecule has 23 heavy (non-hydrogen) atoms. The molecule has 0 spiro atoms. The van der Waals surface area contributed by atoms with Gasteiger partial charge in [-0.2, -0.15) is 0 Å². The molecule has 126 valence electrons. The van der Waals surface area contributed by atoms with Crippen LogP contribution in [0.5, 0.6) is 5.75 Å². The largest absolute Gasteiger partial charge is 0.496 e. The van der Waals surface area contributed by atoms with Gasteiger partial charge in [0.2, 0.25) is 5.91 Å². The second kappa shape index (κ2) is 6.48. The van der Waals surface area contributed by atoms with Gasteiger partial charge < -0.3 is 9.64 Å². The Kier molecular flexibility index (Phi) is 4.57. The average molecular weight is 320 g/mol. The Balaban J connectivity index is 1.68. The first kappa shape index (κ1) is 16.2. The summed E-state index contributed by atoms with van der Waals surface area (Å²) in [5.41, 5.74) is 0.612. The number of ether oxygens (including phenoxy) is 1. The number of hydrogen-bond acceptors (Lipinski definition) is 3. The van der Waals surface area contributed by atoms with Gasteiger partial charge in [0.1, 0.15) is 11.6 Å². The molecule has 3 rings (SSSR count). The third-order valence-electron chi connectivity index (χ3n) is 5.51. The van der Waals surface area contributed by atoms with Crippen molar-refractivity contribution >= 4 is 5.91 Å². The molecule has 3 atom stereocenters. The molecular formula is C18H25FN2O2. The van der Waals surface area contributed by atoms with Gasteiger partial charge in [-0.05, 0) is 43.9 Å². The lowest BCUT2D eigenvalue weighted by Gasteiger charge is -2.31. The smallest absolute Gasteiger partial charge is 0.222 e. The third-order valence-corrected chi connectivity index (χ3v) is 5.51. The molecule has 5 heteroatoms. The summed E-state index contributed by atoms with van der Waals surface area (Å²) in [5, 5.41) is 0. The SMILES string of the molecule is COc1cccc(F)c1CN(C)[C@@H]1C[C@@H]2CC(=O)N(C)C[C@@H]2C1. The van der Waals surface area contributed by atoms with E-state index in [0.717, 1.165) is 19.4 Å². The van der Waals surface area contributed by atoms with Gasteiger partial charge in [-0.1, -0.05) is 6.07 Å². The molecule has 1 heterocycles. The fraction of sp³-hybridized carbons (Fsp3) is 0.611. The van der Waals surface area contributed by atoms with Crippen molar-refractivity contribution in [1.29, 1.82) is 0 Å². The topological polar surface area (TPSA) is 32.8 Å². The fourth-order valence-electron chi connectivity index (χ4n) is 4.11. The highest BCUT2D eigenvalue weighted by atomic mass is 19.1. The Hall–Kier alpha value is -1.62. The quantitative estimate of drug-likeness (QED) is 0.855. The number of rotatable bonds is 4. The van der Waals surface area contributed by atoms with Gasteiger partial charge in [-0.25, -0.2) is 4.39 Å². The van der Waals surface area contributed by atoms with E-state index in [9.17, 15) is 9.18 Å². The summed E-state index contributed by atoms with van der Waals surface area (Å²) in [4.78, 5) is 15.9. The minimum absolute atomic E-state index is 0.221. The average Bonchev–Trinajstić information content (AvgIpc) is 2.92. The summed E-state index contributed by atoms with van der Waals surface area (Å²) in [6.07, 6.45) is 2.77. The minimum atomic E-state index is -0.221. The van der Waals surface area contributed by atoms with E-state index in [2.05, 4.69) is 4.90 Å². The molecule has 1 aromatic carbocycles. The molecule has 0 N–H and O–H groups in total. The van der Waals surface area contributed by atoms with Crippen LogP contribution in [-0.2, 0) is 11.3 Å². The van der Waals surface area contributed by atoms with E-state index < -0.39 is 0 Å². The highest BCUT2D eigenvalue weighted by Gasteiger charge is 2.41. The number of carbonyl (C=O) groups excluding carboxylic acids is 1. The number of halogens is 1. The predicted molar refractivity (Wildman–Crippen MR) is 86.7 cm³/mol. The molecule has 0 radical (unpaired) electrons. The van der Waals surface area contributed by atoms with E-state index in [1.807, 2.05) is 19.0 Å². The molecule has 1 amide bonds. The van der Waals surface area contributed by atoms with Crippen molar-refractivity contribution in [2.24, 2.45) is 11.8 Å². The summed E-state index contributed by atoms with van der Waals surface area (Å²) >= 11 is 0. The predicted octanol–water partition coefficient (Wildman–Crippen LogP) is 2.52. The number of hydrogen-bond donors (Lipinski definition) is 0. The maximum atomic E-state index is 14.1. The Bertz CT molecular complexity index is 592. The number of piperidine rings is 1. The van der Waals surface area contributed by atoms with Gasteiger partial charge in [0.25, 0.3) is 0 Å². The van der Waals surface area contributed by atoms with Gasteiger partial charge in [0.05, 0.1) is 7.11 Å². The lowest BCUT2D eigenvalue weighted by Crippen LogP contribution is -2.39. The van der Waals surface area contributed by atoms with Crippen LogP contribution in [0.4, 0.5) is 4.39 Å². The minimum Gasteiger partial charge on any atom is -0.496 e.